The monoisotopic (exact) mass is 258 g/mol. The minimum Gasteiger partial charge on any atom is -0.296 e. The van der Waals surface area contributed by atoms with Crippen molar-refractivity contribution in [1.82, 2.24) is 19.9 Å². The molecule has 0 bridgehead atoms. The van der Waals surface area contributed by atoms with Crippen molar-refractivity contribution in [2.45, 2.75) is 24.2 Å². The van der Waals surface area contributed by atoms with Crippen LogP contribution < -0.4 is 0 Å². The van der Waals surface area contributed by atoms with Crippen LogP contribution in [0, 0.1) is 0 Å². The number of hydrogen-bond donors (Lipinski definition) is 0. The maximum absolute atomic E-state index is 4.09. The molecule has 78 valence electrons. The number of halogens is 1. The molecule has 1 fully saturated rings. The highest BCUT2D eigenvalue weighted by atomic mass is 79.9. The second-order valence-electron chi connectivity index (χ2n) is 3.86. The molecule has 14 heavy (non-hydrogen) atoms. The van der Waals surface area contributed by atoms with Crippen molar-refractivity contribution in [2.75, 3.05) is 13.1 Å². The second-order valence-corrected chi connectivity index (χ2v) is 5.15. The van der Waals surface area contributed by atoms with Crippen molar-refractivity contribution in [1.29, 1.82) is 0 Å². The zero-order valence-corrected chi connectivity index (χ0v) is 9.94. The molecule has 1 aromatic heterocycles. The van der Waals surface area contributed by atoms with E-state index in [4.69, 9.17) is 0 Å². The molecule has 4 nitrogen and oxygen atoms in total. The summed E-state index contributed by atoms with van der Waals surface area (Å²) in [6.45, 7) is 3.23. The maximum Gasteiger partial charge on any atom is 0.0967 e. The average Bonchev–Trinajstić information content (AvgIpc) is 2.51. The zero-order chi connectivity index (χ0) is 9.97. The van der Waals surface area contributed by atoms with Crippen LogP contribution in [0.25, 0.3) is 0 Å². The number of nitrogens with zero attached hydrogens (tertiary/aromatic N) is 4. The Balaban J connectivity index is 1.90. The van der Waals surface area contributed by atoms with Crippen LogP contribution in [0.3, 0.4) is 0 Å². The molecule has 1 aromatic rings. The number of piperidine rings is 1. The highest BCUT2D eigenvalue weighted by Gasteiger charge is 2.18. The lowest BCUT2D eigenvalue weighted by atomic mass is 10.1. The summed E-state index contributed by atoms with van der Waals surface area (Å²) in [5, 5.41) is 8.02. The van der Waals surface area contributed by atoms with Gasteiger partial charge in [-0.2, -0.15) is 0 Å². The largest absolute Gasteiger partial charge is 0.296 e. The van der Waals surface area contributed by atoms with E-state index in [0.29, 0.717) is 4.83 Å². The van der Waals surface area contributed by atoms with E-state index in [1.54, 1.807) is 4.68 Å². The predicted octanol–water partition coefficient (Wildman–Crippen LogP) is 1.17. The third-order valence-corrected chi connectivity index (χ3v) is 3.23. The predicted molar refractivity (Wildman–Crippen MR) is 58.2 cm³/mol. The molecule has 0 saturated carbocycles. The lowest BCUT2D eigenvalue weighted by molar-refractivity contribution is 0.225. The third-order valence-electron chi connectivity index (χ3n) is 2.48. The molecule has 0 spiro atoms. The standard InChI is InChI=1S/C9H15BrN4/c1-13-6-9(11-12-13)7-14-4-2-3-8(10)5-14/h6,8H,2-5,7H2,1H3. The van der Waals surface area contributed by atoms with Crippen molar-refractivity contribution < 1.29 is 0 Å². The van der Waals surface area contributed by atoms with Crippen LogP contribution in [0.15, 0.2) is 6.20 Å². The van der Waals surface area contributed by atoms with Crippen molar-refractivity contribution in [3.8, 4) is 0 Å². The number of aryl methyl sites for hydroxylation is 1. The van der Waals surface area contributed by atoms with Gasteiger partial charge in [0, 0.05) is 31.2 Å². The van der Waals surface area contributed by atoms with Gasteiger partial charge >= 0.3 is 0 Å². The fourth-order valence-electron chi connectivity index (χ4n) is 1.84. The van der Waals surface area contributed by atoms with Crippen molar-refractivity contribution in [2.24, 2.45) is 7.05 Å². The van der Waals surface area contributed by atoms with Gasteiger partial charge in [-0.15, -0.1) is 5.10 Å². The number of alkyl halides is 1. The highest BCUT2D eigenvalue weighted by molar-refractivity contribution is 9.09. The average molecular weight is 259 g/mol. The highest BCUT2D eigenvalue weighted by Crippen LogP contribution is 2.17. The summed E-state index contributed by atoms with van der Waals surface area (Å²) in [7, 11) is 1.90. The number of aromatic nitrogens is 3. The lowest BCUT2D eigenvalue weighted by Crippen LogP contribution is -2.35. The quantitative estimate of drug-likeness (QED) is 0.748. The van der Waals surface area contributed by atoms with E-state index < -0.39 is 0 Å². The van der Waals surface area contributed by atoms with E-state index >= 15 is 0 Å². The first kappa shape index (κ1) is 10.1. The number of rotatable bonds is 2. The smallest absolute Gasteiger partial charge is 0.0967 e. The summed E-state index contributed by atoms with van der Waals surface area (Å²) in [5.41, 5.74) is 1.06. The molecule has 2 heterocycles. The van der Waals surface area contributed by atoms with Crippen LogP contribution in [0.5, 0.6) is 0 Å². The molecule has 1 saturated heterocycles. The number of likely N-dealkylation sites (tertiary alicyclic amines) is 1. The maximum atomic E-state index is 4.09. The van der Waals surface area contributed by atoms with Crippen LogP contribution in [-0.4, -0.2) is 37.8 Å². The molecule has 1 aliphatic heterocycles. The first-order chi connectivity index (χ1) is 6.74. The van der Waals surface area contributed by atoms with Gasteiger partial charge < -0.3 is 0 Å². The fraction of sp³-hybridized carbons (Fsp3) is 0.778. The molecule has 0 amide bonds. The Labute approximate surface area is 92.4 Å². The third kappa shape index (κ3) is 2.54. The SMILES string of the molecule is Cn1cc(CN2CCCC(Br)C2)nn1. The Morgan fingerprint density at radius 2 is 2.50 bits per heavy atom. The van der Waals surface area contributed by atoms with E-state index in [9.17, 15) is 0 Å². The molecule has 2 rings (SSSR count). The summed E-state index contributed by atoms with van der Waals surface area (Å²) in [4.78, 5) is 3.07. The van der Waals surface area contributed by atoms with Gasteiger partial charge in [0.15, 0.2) is 0 Å². The van der Waals surface area contributed by atoms with Crippen LogP contribution in [0.4, 0.5) is 0 Å². The summed E-state index contributed by atoms with van der Waals surface area (Å²) in [6.07, 6.45) is 4.55. The minimum absolute atomic E-state index is 0.646. The number of hydrogen-bond acceptors (Lipinski definition) is 3. The Kier molecular flexibility index (Phi) is 3.18. The van der Waals surface area contributed by atoms with E-state index in [1.807, 2.05) is 13.2 Å². The van der Waals surface area contributed by atoms with E-state index in [1.165, 1.54) is 19.4 Å². The van der Waals surface area contributed by atoms with Gasteiger partial charge in [0.25, 0.3) is 0 Å². The molecule has 0 radical (unpaired) electrons. The van der Waals surface area contributed by atoms with Crippen LogP contribution in [0.2, 0.25) is 0 Å². The first-order valence-corrected chi connectivity index (χ1v) is 5.87. The van der Waals surface area contributed by atoms with Gasteiger partial charge in [-0.25, -0.2) is 0 Å². The summed E-state index contributed by atoms with van der Waals surface area (Å²) in [6, 6.07) is 0. The molecule has 0 N–H and O–H groups in total. The van der Waals surface area contributed by atoms with Gasteiger partial charge in [0.1, 0.15) is 0 Å². The van der Waals surface area contributed by atoms with Crippen molar-refractivity contribution >= 4 is 15.9 Å². The molecular weight excluding hydrogens is 244 g/mol. The van der Waals surface area contributed by atoms with E-state index in [0.717, 1.165) is 18.8 Å². The van der Waals surface area contributed by atoms with Crippen LogP contribution >= 0.6 is 15.9 Å². The Morgan fingerprint density at radius 3 is 3.14 bits per heavy atom. The van der Waals surface area contributed by atoms with E-state index in [-0.39, 0.29) is 0 Å². The Hall–Kier alpha value is -0.420. The van der Waals surface area contributed by atoms with Gasteiger partial charge in [0.05, 0.1) is 5.69 Å². The summed E-state index contributed by atoms with van der Waals surface area (Å²) in [5.74, 6) is 0. The van der Waals surface area contributed by atoms with Crippen molar-refractivity contribution in [3.63, 3.8) is 0 Å². The van der Waals surface area contributed by atoms with E-state index in [2.05, 4.69) is 31.1 Å². The first-order valence-electron chi connectivity index (χ1n) is 4.95. The molecule has 1 atom stereocenters. The van der Waals surface area contributed by atoms with Gasteiger partial charge in [-0.1, -0.05) is 21.1 Å². The van der Waals surface area contributed by atoms with Gasteiger partial charge in [-0.3, -0.25) is 9.58 Å². The molecular formula is C9H15BrN4. The topological polar surface area (TPSA) is 34.0 Å². The molecule has 5 heteroatoms. The van der Waals surface area contributed by atoms with Crippen LogP contribution in [0.1, 0.15) is 18.5 Å². The lowest BCUT2D eigenvalue weighted by Gasteiger charge is -2.28. The zero-order valence-electron chi connectivity index (χ0n) is 8.36. The summed E-state index contributed by atoms with van der Waals surface area (Å²) < 4.78 is 1.75. The normalized spacial score (nSPS) is 24.0. The van der Waals surface area contributed by atoms with Gasteiger partial charge in [-0.05, 0) is 19.4 Å². The Morgan fingerprint density at radius 1 is 1.64 bits per heavy atom. The van der Waals surface area contributed by atoms with Crippen molar-refractivity contribution in [3.05, 3.63) is 11.9 Å². The van der Waals surface area contributed by atoms with Gasteiger partial charge in [0.2, 0.25) is 0 Å². The minimum atomic E-state index is 0.646. The molecule has 0 aliphatic carbocycles. The Bertz CT molecular complexity index is 299. The van der Waals surface area contributed by atoms with Crippen LogP contribution in [-0.2, 0) is 13.6 Å². The fourth-order valence-corrected chi connectivity index (χ4v) is 2.57. The summed E-state index contributed by atoms with van der Waals surface area (Å²) >= 11 is 3.66. The second kappa shape index (κ2) is 4.40. The molecule has 1 unspecified atom stereocenters. The molecule has 1 aliphatic rings. The molecule has 0 aromatic carbocycles.